The van der Waals surface area contributed by atoms with Crippen LogP contribution >= 0.6 is 0 Å². The molecular weight excluding hydrogens is 242 g/mol. The Balaban J connectivity index is 2.58. The minimum atomic E-state index is -0.971. The molecule has 0 aromatic carbocycles. The number of amides is 1. The maximum atomic E-state index is 12.2. The molecule has 0 aromatic heterocycles. The largest absolute Gasteiger partial charge is 0.481 e. The summed E-state index contributed by atoms with van der Waals surface area (Å²) >= 11 is 0. The van der Waals surface area contributed by atoms with E-state index in [9.17, 15) is 14.7 Å². The zero-order chi connectivity index (χ0) is 14.6. The van der Waals surface area contributed by atoms with Crippen LogP contribution in [-0.2, 0) is 9.59 Å². The number of hydrogen-bond donors (Lipinski definition) is 1. The van der Waals surface area contributed by atoms with Gasteiger partial charge in [0.15, 0.2) is 0 Å². The average Bonchev–Trinajstić information content (AvgIpc) is 2.80. The molecular formula is C15H27NO3. The molecule has 0 radical (unpaired) electrons. The van der Waals surface area contributed by atoms with Crippen LogP contribution in [0.5, 0.6) is 0 Å². The Morgan fingerprint density at radius 2 is 1.84 bits per heavy atom. The van der Waals surface area contributed by atoms with Crippen LogP contribution in [0.2, 0.25) is 0 Å². The summed E-state index contributed by atoms with van der Waals surface area (Å²) in [6.45, 7) is 6.16. The molecule has 1 saturated carbocycles. The molecule has 1 unspecified atom stereocenters. The lowest BCUT2D eigenvalue weighted by atomic mass is 9.76. The first-order chi connectivity index (χ1) is 8.77. The number of hydrogen-bond acceptors (Lipinski definition) is 2. The van der Waals surface area contributed by atoms with Crippen molar-refractivity contribution in [3.8, 4) is 0 Å². The lowest BCUT2D eigenvalue weighted by molar-refractivity contribution is -0.155. The summed E-state index contributed by atoms with van der Waals surface area (Å²) in [4.78, 5) is 25.3. The lowest BCUT2D eigenvalue weighted by Crippen LogP contribution is -2.40. The van der Waals surface area contributed by atoms with E-state index in [1.54, 1.807) is 18.9 Å². The third kappa shape index (κ3) is 3.95. The number of carboxylic acids is 1. The molecule has 1 rings (SSSR count). The van der Waals surface area contributed by atoms with E-state index in [1.165, 1.54) is 25.7 Å². The minimum absolute atomic E-state index is 0.0505. The van der Waals surface area contributed by atoms with Crippen LogP contribution in [0.15, 0.2) is 0 Å². The van der Waals surface area contributed by atoms with Crippen molar-refractivity contribution in [1.29, 1.82) is 0 Å². The summed E-state index contributed by atoms with van der Waals surface area (Å²) in [7, 11) is 1.79. The smallest absolute Gasteiger partial charge is 0.310 e. The number of carbonyl (C=O) groups is 2. The van der Waals surface area contributed by atoms with Crippen LogP contribution < -0.4 is 0 Å². The highest BCUT2D eigenvalue weighted by Gasteiger charge is 2.39. The van der Waals surface area contributed by atoms with E-state index in [-0.39, 0.29) is 18.2 Å². The summed E-state index contributed by atoms with van der Waals surface area (Å²) in [5.41, 5.74) is -0.971. The van der Waals surface area contributed by atoms with Crippen molar-refractivity contribution < 1.29 is 14.7 Å². The van der Waals surface area contributed by atoms with Crippen molar-refractivity contribution in [2.45, 2.75) is 52.9 Å². The molecule has 1 N–H and O–H groups in total. The van der Waals surface area contributed by atoms with E-state index >= 15 is 0 Å². The summed E-state index contributed by atoms with van der Waals surface area (Å²) in [6, 6.07) is 0. The Morgan fingerprint density at radius 1 is 1.32 bits per heavy atom. The van der Waals surface area contributed by atoms with Crippen LogP contribution in [0, 0.1) is 17.3 Å². The molecule has 4 nitrogen and oxygen atoms in total. The van der Waals surface area contributed by atoms with Gasteiger partial charge in [-0.15, -0.1) is 0 Å². The predicted molar refractivity (Wildman–Crippen MR) is 74.8 cm³/mol. The molecule has 1 amide bonds. The normalized spacial score (nSPS) is 19.4. The third-order valence-corrected chi connectivity index (χ3v) is 4.71. The fourth-order valence-electron chi connectivity index (χ4n) is 2.66. The zero-order valence-corrected chi connectivity index (χ0v) is 12.6. The summed E-state index contributed by atoms with van der Waals surface area (Å²) in [5, 5.41) is 9.35. The fraction of sp³-hybridized carbons (Fsp3) is 0.867. The van der Waals surface area contributed by atoms with E-state index in [2.05, 4.69) is 0 Å². The van der Waals surface area contributed by atoms with Crippen LogP contribution in [0.25, 0.3) is 0 Å². The molecule has 19 heavy (non-hydrogen) atoms. The molecule has 0 aromatic rings. The van der Waals surface area contributed by atoms with Crippen molar-refractivity contribution in [3.63, 3.8) is 0 Å². The summed E-state index contributed by atoms with van der Waals surface area (Å²) in [5.74, 6) is -0.395. The quantitative estimate of drug-likeness (QED) is 0.806. The van der Waals surface area contributed by atoms with Gasteiger partial charge >= 0.3 is 5.97 Å². The zero-order valence-electron chi connectivity index (χ0n) is 12.6. The molecule has 1 atom stereocenters. The van der Waals surface area contributed by atoms with E-state index in [4.69, 9.17) is 0 Å². The molecule has 0 heterocycles. The maximum absolute atomic E-state index is 12.2. The topological polar surface area (TPSA) is 57.6 Å². The van der Waals surface area contributed by atoms with Crippen molar-refractivity contribution in [2.24, 2.45) is 17.3 Å². The van der Waals surface area contributed by atoms with Crippen molar-refractivity contribution >= 4 is 11.9 Å². The van der Waals surface area contributed by atoms with Gasteiger partial charge in [-0.2, -0.15) is 0 Å². The van der Waals surface area contributed by atoms with Gasteiger partial charge in [0.25, 0.3) is 0 Å². The fourth-order valence-corrected chi connectivity index (χ4v) is 2.66. The van der Waals surface area contributed by atoms with Crippen molar-refractivity contribution in [1.82, 2.24) is 4.90 Å². The SMILES string of the molecule is CC(C)C(C)(CC(=O)N(C)CC1CCCC1)C(=O)O. The first-order valence-corrected chi connectivity index (χ1v) is 7.24. The van der Waals surface area contributed by atoms with Gasteiger partial charge in [-0.1, -0.05) is 26.7 Å². The first-order valence-electron chi connectivity index (χ1n) is 7.24. The summed E-state index contributed by atoms with van der Waals surface area (Å²) < 4.78 is 0. The predicted octanol–water partition coefficient (Wildman–Crippen LogP) is 2.77. The highest BCUT2D eigenvalue weighted by atomic mass is 16.4. The molecule has 0 spiro atoms. The minimum Gasteiger partial charge on any atom is -0.481 e. The maximum Gasteiger partial charge on any atom is 0.310 e. The highest BCUT2D eigenvalue weighted by Crippen LogP contribution is 2.32. The van der Waals surface area contributed by atoms with Crippen LogP contribution in [-0.4, -0.2) is 35.5 Å². The van der Waals surface area contributed by atoms with Gasteiger partial charge in [-0.05, 0) is 31.6 Å². The Bertz CT molecular complexity index is 334. The number of carbonyl (C=O) groups excluding carboxylic acids is 1. The van der Waals surface area contributed by atoms with Gasteiger partial charge in [0.1, 0.15) is 0 Å². The van der Waals surface area contributed by atoms with Crippen molar-refractivity contribution in [3.05, 3.63) is 0 Å². The molecule has 4 heteroatoms. The average molecular weight is 269 g/mol. The Kier molecular flexibility index (Phi) is 5.39. The second-order valence-corrected chi connectivity index (χ2v) is 6.48. The van der Waals surface area contributed by atoms with Gasteiger partial charge in [-0.25, -0.2) is 0 Å². The number of rotatable bonds is 6. The number of carboxylic acid groups (broad SMARTS) is 1. The second kappa shape index (κ2) is 6.40. The molecule has 110 valence electrons. The van der Waals surface area contributed by atoms with Gasteiger partial charge in [0, 0.05) is 20.0 Å². The van der Waals surface area contributed by atoms with Crippen LogP contribution in [0.4, 0.5) is 0 Å². The first kappa shape index (κ1) is 16.0. The van der Waals surface area contributed by atoms with Gasteiger partial charge in [0.05, 0.1) is 5.41 Å². The number of aliphatic carboxylic acids is 1. The molecule has 0 saturated heterocycles. The third-order valence-electron chi connectivity index (χ3n) is 4.71. The van der Waals surface area contributed by atoms with Gasteiger partial charge in [0.2, 0.25) is 5.91 Å². The molecule has 1 aliphatic carbocycles. The molecule has 1 aliphatic rings. The van der Waals surface area contributed by atoms with Gasteiger partial charge in [-0.3, -0.25) is 9.59 Å². The Labute approximate surface area is 116 Å². The van der Waals surface area contributed by atoms with E-state index in [0.29, 0.717) is 5.92 Å². The van der Waals surface area contributed by atoms with Crippen molar-refractivity contribution in [2.75, 3.05) is 13.6 Å². The second-order valence-electron chi connectivity index (χ2n) is 6.48. The summed E-state index contributed by atoms with van der Waals surface area (Å²) in [6.07, 6.45) is 4.98. The Hall–Kier alpha value is -1.06. The lowest BCUT2D eigenvalue weighted by Gasteiger charge is -2.31. The molecule has 0 aliphatic heterocycles. The molecule has 1 fully saturated rings. The highest BCUT2D eigenvalue weighted by molar-refractivity contribution is 5.84. The Morgan fingerprint density at radius 3 is 2.26 bits per heavy atom. The monoisotopic (exact) mass is 269 g/mol. The van der Waals surface area contributed by atoms with Crippen LogP contribution in [0.1, 0.15) is 52.9 Å². The van der Waals surface area contributed by atoms with E-state index in [0.717, 1.165) is 6.54 Å². The van der Waals surface area contributed by atoms with E-state index < -0.39 is 11.4 Å². The standard InChI is InChI=1S/C15H27NO3/c1-11(2)15(3,14(18)19)9-13(17)16(4)10-12-7-5-6-8-12/h11-12H,5-10H2,1-4H3,(H,18,19). The van der Waals surface area contributed by atoms with Gasteiger partial charge < -0.3 is 10.0 Å². The van der Waals surface area contributed by atoms with Crippen LogP contribution in [0.3, 0.4) is 0 Å². The van der Waals surface area contributed by atoms with E-state index in [1.807, 2.05) is 13.8 Å². The number of nitrogens with zero attached hydrogens (tertiary/aromatic N) is 1. The molecule has 0 bridgehead atoms.